The Morgan fingerprint density at radius 3 is 2.54 bits per heavy atom. The van der Waals surface area contributed by atoms with Crippen LogP contribution in [0.15, 0.2) is 12.0 Å². The first-order valence-corrected chi connectivity index (χ1v) is 3.76. The van der Waals surface area contributed by atoms with E-state index in [-0.39, 0.29) is 12.6 Å². The minimum Gasteiger partial charge on any atom is -0.462 e. The van der Waals surface area contributed by atoms with Crippen molar-refractivity contribution in [1.29, 1.82) is 0 Å². The quantitative estimate of drug-likeness (QED) is 0.407. The van der Waals surface area contributed by atoms with Gasteiger partial charge in [-0.05, 0) is 0 Å². The van der Waals surface area contributed by atoms with E-state index >= 15 is 0 Å². The average Bonchev–Trinajstić information content (AvgIpc) is 2.67. The number of aliphatic hydroxyl groups excluding tert-OH is 4. The van der Waals surface area contributed by atoms with Crippen LogP contribution < -0.4 is 0 Å². The van der Waals surface area contributed by atoms with Crippen molar-refractivity contribution >= 4 is 0 Å². The van der Waals surface area contributed by atoms with Crippen molar-refractivity contribution in [3.63, 3.8) is 0 Å². The maximum atomic E-state index is 9.32. The molecule has 0 spiro atoms. The largest absolute Gasteiger partial charge is 0.462 e. The van der Waals surface area contributed by atoms with E-state index in [2.05, 4.69) is 4.74 Å². The van der Waals surface area contributed by atoms with Gasteiger partial charge in [-0.2, -0.15) is 0 Å². The van der Waals surface area contributed by atoms with E-state index in [0.717, 1.165) is 6.26 Å². The minimum atomic E-state index is -1.49. The summed E-state index contributed by atoms with van der Waals surface area (Å²) in [7, 11) is 0. The van der Waals surface area contributed by atoms with Crippen LogP contribution in [0, 0.1) is 0 Å². The van der Waals surface area contributed by atoms with Gasteiger partial charge < -0.3 is 29.9 Å². The Balaban J connectivity index is 2.50. The molecule has 0 aromatic carbocycles. The van der Waals surface area contributed by atoms with E-state index in [1.807, 2.05) is 0 Å². The molecule has 0 saturated heterocycles. The van der Waals surface area contributed by atoms with Crippen LogP contribution in [0.2, 0.25) is 0 Å². The molecule has 76 valence electrons. The van der Waals surface area contributed by atoms with Gasteiger partial charge in [0.25, 0.3) is 0 Å². The Morgan fingerprint density at radius 1 is 1.38 bits per heavy atom. The summed E-state index contributed by atoms with van der Waals surface area (Å²) in [4.78, 5) is 0. The van der Waals surface area contributed by atoms with E-state index in [1.165, 1.54) is 0 Å². The zero-order valence-electron chi connectivity index (χ0n) is 6.83. The smallest absolute Gasteiger partial charge is 0.230 e. The second kappa shape index (κ2) is 4.43. The molecule has 13 heavy (non-hydrogen) atoms. The molecule has 3 atom stereocenters. The van der Waals surface area contributed by atoms with Crippen LogP contribution >= 0.6 is 0 Å². The van der Waals surface area contributed by atoms with Crippen molar-refractivity contribution < 1.29 is 29.9 Å². The Morgan fingerprint density at radius 2 is 2.08 bits per heavy atom. The van der Waals surface area contributed by atoms with Crippen molar-refractivity contribution in [1.82, 2.24) is 0 Å². The molecule has 6 nitrogen and oxygen atoms in total. The predicted octanol–water partition coefficient (Wildman–Crippen LogP) is -2.09. The minimum absolute atomic E-state index is 0.0195. The van der Waals surface area contributed by atoms with Crippen LogP contribution in [-0.4, -0.2) is 52.1 Å². The van der Waals surface area contributed by atoms with E-state index in [9.17, 15) is 10.2 Å². The lowest BCUT2D eigenvalue weighted by molar-refractivity contribution is -0.0795. The van der Waals surface area contributed by atoms with Gasteiger partial charge in [-0.15, -0.1) is 0 Å². The van der Waals surface area contributed by atoms with Crippen LogP contribution in [0.3, 0.4) is 0 Å². The molecule has 1 rings (SSSR count). The van der Waals surface area contributed by atoms with Crippen LogP contribution in [-0.2, 0) is 9.47 Å². The van der Waals surface area contributed by atoms with E-state index in [0.29, 0.717) is 0 Å². The molecule has 6 heteroatoms. The number of aliphatic hydroxyl groups is 4. The Hall–Kier alpha value is -0.820. The highest BCUT2D eigenvalue weighted by Crippen LogP contribution is 2.15. The van der Waals surface area contributed by atoms with Crippen molar-refractivity contribution in [2.75, 3.05) is 13.4 Å². The molecule has 0 bridgehead atoms. The van der Waals surface area contributed by atoms with Gasteiger partial charge in [-0.3, -0.25) is 0 Å². The molecule has 4 N–H and O–H groups in total. The fraction of sp³-hybridized carbons (Fsp3) is 0.714. The van der Waals surface area contributed by atoms with Gasteiger partial charge in [0.2, 0.25) is 6.79 Å². The first-order chi connectivity index (χ1) is 6.16. The normalized spacial score (nSPS) is 22.6. The lowest BCUT2D eigenvalue weighted by atomic mass is 10.1. The van der Waals surface area contributed by atoms with Crippen molar-refractivity contribution in [2.45, 2.75) is 18.3 Å². The number of hydrogen-bond donors (Lipinski definition) is 4. The zero-order chi connectivity index (χ0) is 9.84. The van der Waals surface area contributed by atoms with Gasteiger partial charge >= 0.3 is 0 Å². The first-order valence-electron chi connectivity index (χ1n) is 3.76. The van der Waals surface area contributed by atoms with Crippen molar-refractivity contribution in [3.05, 3.63) is 12.0 Å². The second-order valence-corrected chi connectivity index (χ2v) is 2.63. The van der Waals surface area contributed by atoms with Crippen LogP contribution in [0.25, 0.3) is 0 Å². The summed E-state index contributed by atoms with van der Waals surface area (Å²) >= 11 is 0. The van der Waals surface area contributed by atoms with E-state index < -0.39 is 24.9 Å². The van der Waals surface area contributed by atoms with Crippen LogP contribution in [0.5, 0.6) is 0 Å². The third-order valence-electron chi connectivity index (χ3n) is 1.69. The third-order valence-corrected chi connectivity index (χ3v) is 1.69. The maximum Gasteiger partial charge on any atom is 0.230 e. The number of rotatable bonds is 4. The summed E-state index contributed by atoms with van der Waals surface area (Å²) in [5.74, 6) is 0.0417. The zero-order valence-corrected chi connectivity index (χ0v) is 6.83. The van der Waals surface area contributed by atoms with Crippen LogP contribution in [0.4, 0.5) is 0 Å². The monoisotopic (exact) mass is 192 g/mol. The fourth-order valence-corrected chi connectivity index (χ4v) is 0.894. The first kappa shape index (κ1) is 10.3. The Kier molecular flexibility index (Phi) is 3.49. The molecule has 0 aromatic rings. The molecule has 1 heterocycles. The predicted molar refractivity (Wildman–Crippen MR) is 40.2 cm³/mol. The molecule has 3 unspecified atom stereocenters. The summed E-state index contributed by atoms with van der Waals surface area (Å²) in [5, 5.41) is 36.0. The van der Waals surface area contributed by atoms with Gasteiger partial charge in [0.15, 0.2) is 5.76 Å². The molecule has 0 amide bonds. The SMILES string of the molecule is OCC(O)C(O)C(O)C1=COCO1. The van der Waals surface area contributed by atoms with Crippen molar-refractivity contribution in [2.24, 2.45) is 0 Å². The summed E-state index contributed by atoms with van der Waals surface area (Å²) in [5.41, 5.74) is 0. The molecule has 0 radical (unpaired) electrons. The highest BCUT2D eigenvalue weighted by Gasteiger charge is 2.30. The topological polar surface area (TPSA) is 99.4 Å². The maximum absolute atomic E-state index is 9.32. The number of hydrogen-bond acceptors (Lipinski definition) is 6. The van der Waals surface area contributed by atoms with Crippen molar-refractivity contribution in [3.8, 4) is 0 Å². The average molecular weight is 192 g/mol. The third kappa shape index (κ3) is 2.31. The summed E-state index contributed by atoms with van der Waals surface area (Å²) in [6.07, 6.45) is -3.12. The second-order valence-electron chi connectivity index (χ2n) is 2.63. The molecule has 0 aliphatic carbocycles. The summed E-state index contributed by atoms with van der Waals surface area (Å²) < 4.78 is 9.41. The highest BCUT2D eigenvalue weighted by atomic mass is 16.7. The summed E-state index contributed by atoms with van der Waals surface area (Å²) in [6, 6.07) is 0. The van der Waals surface area contributed by atoms with Gasteiger partial charge in [0.1, 0.15) is 24.6 Å². The lowest BCUT2D eigenvalue weighted by Gasteiger charge is -2.20. The van der Waals surface area contributed by atoms with Gasteiger partial charge in [-0.1, -0.05) is 0 Å². The number of ether oxygens (including phenoxy) is 2. The molecule has 0 fully saturated rings. The summed E-state index contributed by atoms with van der Waals surface area (Å²) in [6.45, 7) is -0.652. The molecular formula is C7H12O6. The molecule has 0 aromatic heterocycles. The molecular weight excluding hydrogens is 180 g/mol. The standard InChI is InChI=1S/C7H12O6/c8-1-4(9)6(10)7(11)5-2-12-3-13-5/h2,4,6-11H,1,3H2. The highest BCUT2D eigenvalue weighted by molar-refractivity contribution is 5.02. The van der Waals surface area contributed by atoms with E-state index in [4.69, 9.17) is 14.9 Å². The van der Waals surface area contributed by atoms with Gasteiger partial charge in [0, 0.05) is 0 Å². The molecule has 0 saturated carbocycles. The van der Waals surface area contributed by atoms with E-state index in [1.54, 1.807) is 0 Å². The van der Waals surface area contributed by atoms with Crippen LogP contribution in [0.1, 0.15) is 0 Å². The Bertz CT molecular complexity index is 191. The molecule has 1 aliphatic heterocycles. The Labute approximate surface area is 74.6 Å². The molecule has 1 aliphatic rings. The lowest BCUT2D eigenvalue weighted by Crippen LogP contribution is -2.40. The fourth-order valence-electron chi connectivity index (χ4n) is 0.894. The van der Waals surface area contributed by atoms with Gasteiger partial charge in [0.05, 0.1) is 6.61 Å². The van der Waals surface area contributed by atoms with Gasteiger partial charge in [-0.25, -0.2) is 0 Å².